The Balaban J connectivity index is 0. The predicted octanol–water partition coefficient (Wildman–Crippen LogP) is 5.01. The Morgan fingerprint density at radius 3 is 2.05 bits per heavy atom. The summed E-state index contributed by atoms with van der Waals surface area (Å²) in [6.07, 6.45) is 5.01. The second kappa shape index (κ2) is 14.5. The molecule has 0 aliphatic rings. The molecule has 0 fully saturated rings. The van der Waals surface area contributed by atoms with Gasteiger partial charge in [-0.2, -0.15) is 0 Å². The molecule has 2 nitrogen and oxygen atoms in total. The molecule has 0 N–H and O–H groups in total. The van der Waals surface area contributed by atoms with E-state index in [9.17, 15) is 4.79 Å². The summed E-state index contributed by atoms with van der Waals surface area (Å²) in [5, 5.41) is 0. The molecule has 0 saturated carbocycles. The number of carbonyl (C=O) groups is 1. The molecule has 0 amide bonds. The fourth-order valence-corrected chi connectivity index (χ4v) is 1.03. The first kappa shape index (κ1) is 19.8. The van der Waals surface area contributed by atoms with Crippen molar-refractivity contribution in [3.05, 3.63) is 41.5 Å². The van der Waals surface area contributed by atoms with Gasteiger partial charge < -0.3 is 4.74 Å². The van der Waals surface area contributed by atoms with Gasteiger partial charge in [-0.1, -0.05) is 70.0 Å². The van der Waals surface area contributed by atoms with Gasteiger partial charge in [0.2, 0.25) is 0 Å². The molecule has 108 valence electrons. The first-order valence-corrected chi connectivity index (χ1v) is 6.96. The molecule has 1 rings (SSSR count). The van der Waals surface area contributed by atoms with Crippen molar-refractivity contribution in [3.8, 4) is 0 Å². The average Bonchev–Trinajstić information content (AvgIpc) is 2.40. The first-order valence-electron chi connectivity index (χ1n) is 6.96. The maximum Gasteiger partial charge on any atom is 0.302 e. The van der Waals surface area contributed by atoms with E-state index in [1.165, 1.54) is 18.9 Å². The van der Waals surface area contributed by atoms with Crippen LogP contribution >= 0.6 is 0 Å². The van der Waals surface area contributed by atoms with E-state index >= 15 is 0 Å². The molecule has 0 saturated heterocycles. The molecular formula is C17H28O2. The highest BCUT2D eigenvalue weighted by molar-refractivity contribution is 5.66. The summed E-state index contributed by atoms with van der Waals surface area (Å²) in [5.74, 6) is -0.251. The molecule has 19 heavy (non-hydrogen) atoms. The van der Waals surface area contributed by atoms with Crippen LogP contribution in [0.3, 0.4) is 0 Å². The number of rotatable bonds is 3. The lowest BCUT2D eigenvalue weighted by molar-refractivity contribution is -0.139. The highest BCUT2D eigenvalue weighted by atomic mass is 16.5. The summed E-state index contributed by atoms with van der Waals surface area (Å²) in [6.45, 7) is 12.0. The van der Waals surface area contributed by atoms with Crippen molar-refractivity contribution in [2.45, 2.75) is 48.0 Å². The van der Waals surface area contributed by atoms with Crippen LogP contribution in [0.2, 0.25) is 0 Å². The van der Waals surface area contributed by atoms with Gasteiger partial charge in [-0.3, -0.25) is 4.79 Å². The summed E-state index contributed by atoms with van der Waals surface area (Å²) >= 11 is 0. The molecule has 0 heterocycles. The molecule has 0 aliphatic heterocycles. The number of benzene rings is 1. The zero-order valence-corrected chi connectivity index (χ0v) is 13.2. The number of aryl methyl sites for hydroxylation is 1. The molecule has 0 bridgehead atoms. The van der Waals surface area contributed by atoms with Gasteiger partial charge in [0.15, 0.2) is 0 Å². The third kappa shape index (κ3) is 14.4. The number of ether oxygens (including phenoxy) is 1. The number of hydrogen-bond acceptors (Lipinski definition) is 2. The van der Waals surface area contributed by atoms with Gasteiger partial charge in [0.1, 0.15) is 6.61 Å². The Kier molecular flexibility index (Phi) is 15.1. The van der Waals surface area contributed by atoms with Gasteiger partial charge in [-0.25, -0.2) is 0 Å². The maximum atomic E-state index is 10.4. The number of hydrogen-bond donors (Lipinski definition) is 0. The van der Waals surface area contributed by atoms with Gasteiger partial charge in [-0.05, 0) is 18.6 Å². The Bertz CT molecular complexity index is 337. The van der Waals surface area contributed by atoms with Crippen molar-refractivity contribution in [2.75, 3.05) is 6.61 Å². The standard InChI is InChI=1S/C12H14O2.C3H8.C2H6/c1-10-5-7-12(8-6-10)4-3-9-14-11(2)13;1-3-2;1-2/h3-8H,9H2,1-2H3;3H2,1-2H3;1-2H3/b4-3+;;. The van der Waals surface area contributed by atoms with Crippen LogP contribution in [0.4, 0.5) is 0 Å². The van der Waals surface area contributed by atoms with Crippen LogP contribution < -0.4 is 0 Å². The van der Waals surface area contributed by atoms with Crippen LogP contribution in [0.5, 0.6) is 0 Å². The van der Waals surface area contributed by atoms with Gasteiger partial charge >= 0.3 is 5.97 Å². The van der Waals surface area contributed by atoms with Gasteiger partial charge in [0, 0.05) is 6.92 Å². The zero-order chi connectivity index (χ0) is 15.1. The van der Waals surface area contributed by atoms with Gasteiger partial charge in [0.25, 0.3) is 0 Å². The second-order valence-electron chi connectivity index (χ2n) is 3.82. The van der Waals surface area contributed by atoms with Crippen molar-refractivity contribution in [1.29, 1.82) is 0 Å². The van der Waals surface area contributed by atoms with E-state index in [4.69, 9.17) is 4.74 Å². The van der Waals surface area contributed by atoms with E-state index in [-0.39, 0.29) is 5.97 Å². The van der Waals surface area contributed by atoms with E-state index in [1.807, 2.05) is 57.2 Å². The molecule has 0 unspecified atom stereocenters. The summed E-state index contributed by atoms with van der Waals surface area (Å²) in [4.78, 5) is 10.4. The lowest BCUT2D eigenvalue weighted by Crippen LogP contribution is -1.97. The minimum absolute atomic E-state index is 0.251. The third-order valence-electron chi connectivity index (χ3n) is 1.77. The van der Waals surface area contributed by atoms with Crippen LogP contribution in [0.15, 0.2) is 30.3 Å². The molecule has 0 aromatic heterocycles. The minimum Gasteiger partial charge on any atom is -0.462 e. The highest BCUT2D eigenvalue weighted by Crippen LogP contribution is 2.04. The van der Waals surface area contributed by atoms with Crippen molar-refractivity contribution in [3.63, 3.8) is 0 Å². The SMILES string of the molecule is CC.CC(=O)OC/C=C/c1ccc(C)cc1.CCC. The number of esters is 1. The lowest BCUT2D eigenvalue weighted by Gasteiger charge is -1.96. The van der Waals surface area contributed by atoms with Crippen molar-refractivity contribution < 1.29 is 9.53 Å². The smallest absolute Gasteiger partial charge is 0.302 e. The monoisotopic (exact) mass is 264 g/mol. The minimum atomic E-state index is -0.251. The topological polar surface area (TPSA) is 26.3 Å². The van der Waals surface area contributed by atoms with Crippen molar-refractivity contribution in [1.82, 2.24) is 0 Å². The quantitative estimate of drug-likeness (QED) is 0.717. The molecule has 0 spiro atoms. The molecular weight excluding hydrogens is 236 g/mol. The van der Waals surface area contributed by atoms with Crippen LogP contribution in [0.25, 0.3) is 6.08 Å². The highest BCUT2D eigenvalue weighted by Gasteiger charge is 1.88. The molecule has 2 heteroatoms. The summed E-state index contributed by atoms with van der Waals surface area (Å²) < 4.78 is 4.76. The van der Waals surface area contributed by atoms with E-state index in [0.29, 0.717) is 6.61 Å². The maximum absolute atomic E-state index is 10.4. The Morgan fingerprint density at radius 1 is 1.16 bits per heavy atom. The molecule has 0 aliphatic carbocycles. The Hall–Kier alpha value is -1.57. The Morgan fingerprint density at radius 2 is 1.63 bits per heavy atom. The van der Waals surface area contributed by atoms with E-state index < -0.39 is 0 Å². The van der Waals surface area contributed by atoms with Crippen LogP contribution in [-0.2, 0) is 9.53 Å². The van der Waals surface area contributed by atoms with E-state index in [0.717, 1.165) is 5.56 Å². The van der Waals surface area contributed by atoms with Crippen molar-refractivity contribution in [2.24, 2.45) is 0 Å². The zero-order valence-electron chi connectivity index (χ0n) is 13.2. The summed E-state index contributed by atoms with van der Waals surface area (Å²) in [6, 6.07) is 8.15. The van der Waals surface area contributed by atoms with Crippen LogP contribution in [0.1, 0.15) is 52.2 Å². The van der Waals surface area contributed by atoms with Gasteiger partial charge in [0.05, 0.1) is 0 Å². The van der Waals surface area contributed by atoms with E-state index in [2.05, 4.69) is 13.8 Å². The van der Waals surface area contributed by atoms with Crippen molar-refractivity contribution >= 4 is 12.0 Å². The summed E-state index contributed by atoms with van der Waals surface area (Å²) in [7, 11) is 0. The predicted molar refractivity (Wildman–Crippen MR) is 84.2 cm³/mol. The first-order chi connectivity index (χ1) is 9.10. The van der Waals surface area contributed by atoms with E-state index in [1.54, 1.807) is 0 Å². The molecule has 0 radical (unpaired) electrons. The van der Waals surface area contributed by atoms with Crippen LogP contribution in [0, 0.1) is 6.92 Å². The fourth-order valence-electron chi connectivity index (χ4n) is 1.03. The Labute approximate surface area is 118 Å². The number of carbonyl (C=O) groups excluding carboxylic acids is 1. The fraction of sp³-hybridized carbons (Fsp3) is 0.471. The van der Waals surface area contributed by atoms with Gasteiger partial charge in [-0.15, -0.1) is 0 Å². The average molecular weight is 264 g/mol. The largest absolute Gasteiger partial charge is 0.462 e. The summed E-state index contributed by atoms with van der Waals surface area (Å²) in [5.41, 5.74) is 2.35. The normalized spacial score (nSPS) is 8.95. The molecule has 0 atom stereocenters. The second-order valence-corrected chi connectivity index (χ2v) is 3.82. The van der Waals surface area contributed by atoms with Crippen LogP contribution in [-0.4, -0.2) is 12.6 Å². The molecule has 1 aromatic carbocycles. The lowest BCUT2D eigenvalue weighted by atomic mass is 10.1. The third-order valence-corrected chi connectivity index (χ3v) is 1.77. The molecule has 1 aromatic rings.